The van der Waals surface area contributed by atoms with Gasteiger partial charge in [0.2, 0.25) is 0 Å². The van der Waals surface area contributed by atoms with Crippen LogP contribution in [0.25, 0.3) is 0 Å². The van der Waals surface area contributed by atoms with E-state index in [2.05, 4.69) is 83.0 Å². The second-order valence-corrected chi connectivity index (χ2v) is 7.10. The molecule has 0 saturated carbocycles. The molecule has 1 fully saturated rings. The smallest absolute Gasteiger partial charge is 0.118 e. The Labute approximate surface area is 161 Å². The van der Waals surface area contributed by atoms with E-state index in [4.69, 9.17) is 4.74 Å². The molecule has 1 aliphatic heterocycles. The van der Waals surface area contributed by atoms with E-state index in [1.165, 1.54) is 16.7 Å². The Balaban J connectivity index is 1.38. The highest BCUT2D eigenvalue weighted by Gasteiger charge is 2.33. The van der Waals surface area contributed by atoms with Gasteiger partial charge in [-0.15, -0.1) is 0 Å². The van der Waals surface area contributed by atoms with Crippen molar-refractivity contribution in [3.05, 3.63) is 102 Å². The van der Waals surface area contributed by atoms with Crippen LogP contribution in [0.2, 0.25) is 0 Å². The molecule has 4 rings (SSSR count). The number of rotatable bonds is 7. The monoisotopic (exact) mass is 358 g/mol. The van der Waals surface area contributed by atoms with Crippen LogP contribution >= 0.6 is 0 Å². The maximum absolute atomic E-state index is 5.22. The fourth-order valence-electron chi connectivity index (χ4n) is 3.74. The third-order valence-corrected chi connectivity index (χ3v) is 5.26. The maximum Gasteiger partial charge on any atom is 0.118 e. The molecule has 3 heteroatoms. The van der Waals surface area contributed by atoms with Gasteiger partial charge in [0, 0.05) is 25.7 Å². The normalized spacial score (nSPS) is 14.9. The van der Waals surface area contributed by atoms with E-state index < -0.39 is 0 Å². The van der Waals surface area contributed by atoms with Crippen molar-refractivity contribution >= 4 is 0 Å². The third kappa shape index (κ3) is 4.21. The van der Waals surface area contributed by atoms with Gasteiger partial charge >= 0.3 is 0 Å². The van der Waals surface area contributed by atoms with Crippen molar-refractivity contribution in [3.63, 3.8) is 0 Å². The van der Waals surface area contributed by atoms with E-state index in [-0.39, 0.29) is 0 Å². The highest BCUT2D eigenvalue weighted by atomic mass is 16.5. The van der Waals surface area contributed by atoms with E-state index in [1.54, 1.807) is 7.11 Å². The molecule has 1 N–H and O–H groups in total. The molecule has 1 heterocycles. The number of methoxy groups -OCH3 is 1. The van der Waals surface area contributed by atoms with Crippen LogP contribution in [0.4, 0.5) is 0 Å². The number of nitrogens with one attached hydrogen (secondary N) is 1. The fraction of sp³-hybridized carbons (Fsp3) is 0.250. The zero-order valence-electron chi connectivity index (χ0n) is 15.7. The van der Waals surface area contributed by atoms with Gasteiger partial charge in [-0.1, -0.05) is 72.8 Å². The molecule has 138 valence electrons. The summed E-state index contributed by atoms with van der Waals surface area (Å²) in [5.41, 5.74) is 4.01. The highest BCUT2D eigenvalue weighted by Crippen LogP contribution is 2.32. The van der Waals surface area contributed by atoms with E-state index in [0.29, 0.717) is 12.1 Å². The first-order chi connectivity index (χ1) is 13.3. The Hall–Kier alpha value is -2.62. The molecule has 1 aliphatic rings. The van der Waals surface area contributed by atoms with Crippen LogP contribution in [-0.4, -0.2) is 31.1 Å². The Bertz CT molecular complexity index is 788. The predicted octanol–water partition coefficient (Wildman–Crippen LogP) is 4.26. The Kier molecular flexibility index (Phi) is 5.52. The molecule has 27 heavy (non-hydrogen) atoms. The maximum atomic E-state index is 5.22. The van der Waals surface area contributed by atoms with Gasteiger partial charge in [-0.25, -0.2) is 0 Å². The molecule has 0 radical (unpaired) electrons. The minimum absolute atomic E-state index is 0.325. The van der Waals surface area contributed by atoms with Crippen LogP contribution in [0.15, 0.2) is 84.9 Å². The van der Waals surface area contributed by atoms with Crippen molar-refractivity contribution in [1.82, 2.24) is 10.2 Å². The van der Waals surface area contributed by atoms with E-state index in [9.17, 15) is 0 Å². The lowest BCUT2D eigenvalue weighted by atomic mass is 9.93. The second-order valence-electron chi connectivity index (χ2n) is 7.10. The topological polar surface area (TPSA) is 24.5 Å². The minimum Gasteiger partial charge on any atom is -0.497 e. The molecule has 3 aromatic carbocycles. The first-order valence-electron chi connectivity index (χ1n) is 9.54. The summed E-state index contributed by atoms with van der Waals surface area (Å²) in [6.45, 7) is 3.01. The molecular formula is C24H26N2O. The Morgan fingerprint density at radius 2 is 1.41 bits per heavy atom. The summed E-state index contributed by atoms with van der Waals surface area (Å²) < 4.78 is 5.22. The van der Waals surface area contributed by atoms with Crippen LogP contribution in [-0.2, 0) is 6.54 Å². The van der Waals surface area contributed by atoms with Crippen LogP contribution in [0, 0.1) is 0 Å². The van der Waals surface area contributed by atoms with Crippen LogP contribution in [0.3, 0.4) is 0 Å². The lowest BCUT2D eigenvalue weighted by molar-refractivity contribution is 0.0922. The lowest BCUT2D eigenvalue weighted by Gasteiger charge is -2.45. The van der Waals surface area contributed by atoms with Crippen molar-refractivity contribution in [2.45, 2.75) is 18.6 Å². The average molecular weight is 358 g/mol. The highest BCUT2D eigenvalue weighted by molar-refractivity contribution is 5.32. The number of benzene rings is 3. The Morgan fingerprint density at radius 3 is 1.93 bits per heavy atom. The van der Waals surface area contributed by atoms with Gasteiger partial charge in [-0.05, 0) is 28.8 Å². The van der Waals surface area contributed by atoms with E-state index in [1.807, 2.05) is 12.1 Å². The molecule has 0 unspecified atom stereocenters. The molecule has 0 atom stereocenters. The van der Waals surface area contributed by atoms with Crippen molar-refractivity contribution in [1.29, 1.82) is 0 Å². The van der Waals surface area contributed by atoms with E-state index >= 15 is 0 Å². The van der Waals surface area contributed by atoms with Gasteiger partial charge in [-0.2, -0.15) is 0 Å². The van der Waals surface area contributed by atoms with Crippen molar-refractivity contribution in [2.24, 2.45) is 0 Å². The molecule has 0 amide bonds. The van der Waals surface area contributed by atoms with Gasteiger partial charge in [0.25, 0.3) is 0 Å². The predicted molar refractivity (Wildman–Crippen MR) is 110 cm³/mol. The van der Waals surface area contributed by atoms with Crippen molar-refractivity contribution < 1.29 is 4.74 Å². The molecule has 0 bridgehead atoms. The zero-order chi connectivity index (χ0) is 18.5. The summed E-state index contributed by atoms with van der Waals surface area (Å²) in [7, 11) is 1.70. The molecule has 3 aromatic rings. The summed E-state index contributed by atoms with van der Waals surface area (Å²) in [5, 5.41) is 3.68. The van der Waals surface area contributed by atoms with Gasteiger partial charge < -0.3 is 10.1 Å². The van der Waals surface area contributed by atoms with Crippen LogP contribution < -0.4 is 10.1 Å². The number of ether oxygens (including phenoxy) is 1. The quantitative estimate of drug-likeness (QED) is 0.683. The minimum atomic E-state index is 0.325. The van der Waals surface area contributed by atoms with Crippen LogP contribution in [0.5, 0.6) is 5.75 Å². The molecule has 1 saturated heterocycles. The average Bonchev–Trinajstić information content (AvgIpc) is 2.71. The SMILES string of the molecule is COc1ccc(CNC2CN(C(c3ccccc3)c3ccccc3)C2)cc1. The first kappa shape index (κ1) is 17.8. The van der Waals surface area contributed by atoms with Crippen LogP contribution in [0.1, 0.15) is 22.7 Å². The molecule has 0 aromatic heterocycles. The van der Waals surface area contributed by atoms with Crippen molar-refractivity contribution in [3.8, 4) is 5.75 Å². The lowest BCUT2D eigenvalue weighted by Crippen LogP contribution is -2.58. The second kappa shape index (κ2) is 8.38. The van der Waals surface area contributed by atoms with Gasteiger partial charge in [0.1, 0.15) is 5.75 Å². The molecule has 0 aliphatic carbocycles. The summed E-state index contributed by atoms with van der Waals surface area (Å²) in [5.74, 6) is 0.905. The summed E-state index contributed by atoms with van der Waals surface area (Å²) >= 11 is 0. The fourth-order valence-corrected chi connectivity index (χ4v) is 3.74. The molecular weight excluding hydrogens is 332 g/mol. The number of likely N-dealkylation sites (tertiary alicyclic amines) is 1. The summed E-state index contributed by atoms with van der Waals surface area (Å²) in [4.78, 5) is 2.55. The van der Waals surface area contributed by atoms with Gasteiger partial charge in [-0.3, -0.25) is 4.90 Å². The third-order valence-electron chi connectivity index (χ3n) is 5.26. The van der Waals surface area contributed by atoms with Crippen molar-refractivity contribution in [2.75, 3.05) is 20.2 Å². The first-order valence-corrected chi connectivity index (χ1v) is 9.54. The summed E-state index contributed by atoms with van der Waals surface area (Å²) in [6.07, 6.45) is 0. The standard InChI is InChI=1S/C24H26N2O/c1-27-23-14-12-19(13-15-23)16-25-22-17-26(18-22)24(20-8-4-2-5-9-20)21-10-6-3-7-11-21/h2-15,22,24-25H,16-18H2,1H3. The number of hydrogen-bond acceptors (Lipinski definition) is 3. The molecule has 3 nitrogen and oxygen atoms in total. The zero-order valence-corrected chi connectivity index (χ0v) is 15.7. The van der Waals surface area contributed by atoms with E-state index in [0.717, 1.165) is 25.4 Å². The van der Waals surface area contributed by atoms with Gasteiger partial charge in [0.05, 0.1) is 13.2 Å². The summed E-state index contributed by atoms with van der Waals surface area (Å²) in [6, 6.07) is 30.8. The largest absolute Gasteiger partial charge is 0.497 e. The van der Waals surface area contributed by atoms with Gasteiger partial charge in [0.15, 0.2) is 0 Å². The molecule has 0 spiro atoms. The Morgan fingerprint density at radius 1 is 0.852 bits per heavy atom. The number of hydrogen-bond donors (Lipinski definition) is 1. The number of nitrogens with zero attached hydrogens (tertiary/aromatic N) is 1.